The molecule has 0 saturated heterocycles. The summed E-state index contributed by atoms with van der Waals surface area (Å²) in [6, 6.07) is 14.8. The molecule has 0 aliphatic carbocycles. The number of rotatable bonds is 4. The molecule has 0 saturated carbocycles. The van der Waals surface area contributed by atoms with Crippen LogP contribution in [0.15, 0.2) is 63.8 Å². The van der Waals surface area contributed by atoms with Gasteiger partial charge in [0.05, 0.1) is 0 Å². The van der Waals surface area contributed by atoms with Gasteiger partial charge < -0.3 is 0 Å². The molecule has 0 aromatic carbocycles. The Labute approximate surface area is 154 Å². The zero-order chi connectivity index (χ0) is 17.1. The van der Waals surface area contributed by atoms with Crippen LogP contribution in [0.3, 0.4) is 0 Å². The summed E-state index contributed by atoms with van der Waals surface area (Å²) < 4.78 is 1.11. The molecule has 0 N–H and O–H groups in total. The number of nitrogens with zero attached hydrogens (tertiary/aromatic N) is 3. The summed E-state index contributed by atoms with van der Waals surface area (Å²) in [4.78, 5) is 37.4. The number of hydrogen-bond donors (Lipinski definition) is 0. The molecule has 0 aliphatic heterocycles. The number of aromatic nitrogens is 3. The van der Waals surface area contributed by atoms with Gasteiger partial charge in [-0.05, 0) is 68.3 Å². The predicted octanol–water partition coefficient (Wildman–Crippen LogP) is 3.86. The molecule has 24 heavy (non-hydrogen) atoms. The van der Waals surface area contributed by atoms with Gasteiger partial charge in [-0.2, -0.15) is 0 Å². The third kappa shape index (κ3) is 3.63. The van der Waals surface area contributed by atoms with Gasteiger partial charge in [0.25, 0.3) is 0 Å². The molecule has 0 fully saturated rings. The second-order valence-electron chi connectivity index (χ2n) is 4.76. The highest BCUT2D eigenvalue weighted by Gasteiger charge is 2.17. The molecule has 5 nitrogen and oxygen atoms in total. The first-order chi connectivity index (χ1) is 11.5. The molecule has 7 heteroatoms. The van der Waals surface area contributed by atoms with Crippen LogP contribution in [0.25, 0.3) is 0 Å². The second-order valence-corrected chi connectivity index (χ2v) is 6.38. The lowest BCUT2D eigenvalue weighted by Gasteiger charge is -2.04. The largest absolute Gasteiger partial charge is 0.285 e. The van der Waals surface area contributed by atoms with Crippen molar-refractivity contribution >= 4 is 43.4 Å². The summed E-state index contributed by atoms with van der Waals surface area (Å²) in [6.07, 6.45) is 0. The molecular weight excluding hydrogens is 438 g/mol. The van der Waals surface area contributed by atoms with E-state index in [1.807, 2.05) is 0 Å². The molecule has 0 spiro atoms. The van der Waals surface area contributed by atoms with Crippen LogP contribution in [0, 0.1) is 0 Å². The maximum Gasteiger partial charge on any atom is 0.229 e. The summed E-state index contributed by atoms with van der Waals surface area (Å²) in [6.45, 7) is 0. The standard InChI is InChI=1S/C17H9Br2N3O2/c18-14-8-2-6-12(21-14)16(23)10-4-1-5-11(20-10)17(24)13-7-3-9-15(19)22-13/h1-9H. The van der Waals surface area contributed by atoms with E-state index >= 15 is 0 Å². The first kappa shape index (κ1) is 16.6. The minimum Gasteiger partial charge on any atom is -0.285 e. The Hall–Kier alpha value is -2.25. The highest BCUT2D eigenvalue weighted by molar-refractivity contribution is 9.10. The van der Waals surface area contributed by atoms with E-state index in [0.717, 1.165) is 0 Å². The van der Waals surface area contributed by atoms with E-state index in [4.69, 9.17) is 0 Å². The van der Waals surface area contributed by atoms with Crippen LogP contribution in [-0.2, 0) is 0 Å². The Kier molecular flexibility index (Phi) is 4.92. The summed E-state index contributed by atoms with van der Waals surface area (Å²) in [7, 11) is 0. The molecule has 3 heterocycles. The molecule has 3 aromatic rings. The van der Waals surface area contributed by atoms with Crippen molar-refractivity contribution in [2.24, 2.45) is 0 Å². The van der Waals surface area contributed by atoms with Crippen molar-refractivity contribution in [2.45, 2.75) is 0 Å². The SMILES string of the molecule is O=C(c1cccc(Br)n1)c1cccc(C(=O)c2cccc(Br)n2)n1. The minimum absolute atomic E-state index is 0.154. The average Bonchev–Trinajstić information content (AvgIpc) is 2.60. The van der Waals surface area contributed by atoms with Gasteiger partial charge in [0.15, 0.2) is 0 Å². The molecule has 0 aliphatic rings. The van der Waals surface area contributed by atoms with Crippen LogP contribution < -0.4 is 0 Å². The topological polar surface area (TPSA) is 72.8 Å². The molecule has 3 rings (SSSR count). The van der Waals surface area contributed by atoms with E-state index in [9.17, 15) is 9.59 Å². The van der Waals surface area contributed by atoms with Crippen molar-refractivity contribution < 1.29 is 9.59 Å². The van der Waals surface area contributed by atoms with Gasteiger partial charge in [0.1, 0.15) is 32.0 Å². The molecule has 0 radical (unpaired) electrons. The fourth-order valence-corrected chi connectivity index (χ4v) is 2.71. The molecule has 0 amide bonds. The van der Waals surface area contributed by atoms with Crippen molar-refractivity contribution in [3.05, 3.63) is 86.6 Å². The summed E-state index contributed by atoms with van der Waals surface area (Å²) in [5.41, 5.74) is 0.812. The molecule has 118 valence electrons. The normalized spacial score (nSPS) is 10.4. The second kappa shape index (κ2) is 7.11. The zero-order valence-corrected chi connectivity index (χ0v) is 15.3. The number of ketones is 2. The van der Waals surface area contributed by atoms with Crippen molar-refractivity contribution in [1.82, 2.24) is 15.0 Å². The minimum atomic E-state index is -0.354. The number of pyridine rings is 3. The van der Waals surface area contributed by atoms with Crippen molar-refractivity contribution in [2.75, 3.05) is 0 Å². The lowest BCUT2D eigenvalue weighted by molar-refractivity contribution is 0.102. The van der Waals surface area contributed by atoms with E-state index in [1.54, 1.807) is 54.6 Å². The summed E-state index contributed by atoms with van der Waals surface area (Å²) in [5.74, 6) is -0.707. The predicted molar refractivity (Wildman–Crippen MR) is 95.0 cm³/mol. The third-order valence-corrected chi connectivity index (χ3v) is 3.99. The van der Waals surface area contributed by atoms with E-state index in [1.165, 1.54) is 0 Å². The van der Waals surface area contributed by atoms with Gasteiger partial charge in [0.2, 0.25) is 11.6 Å². The maximum atomic E-state index is 12.5. The quantitative estimate of drug-likeness (QED) is 0.449. The van der Waals surface area contributed by atoms with Crippen LogP contribution in [-0.4, -0.2) is 26.5 Å². The first-order valence-corrected chi connectivity index (χ1v) is 8.45. The van der Waals surface area contributed by atoms with Gasteiger partial charge in [-0.25, -0.2) is 15.0 Å². The lowest BCUT2D eigenvalue weighted by atomic mass is 10.1. The van der Waals surface area contributed by atoms with E-state index < -0.39 is 0 Å². The fourth-order valence-electron chi connectivity index (χ4n) is 2.02. The van der Waals surface area contributed by atoms with Gasteiger partial charge in [-0.15, -0.1) is 0 Å². The van der Waals surface area contributed by atoms with Gasteiger partial charge in [-0.3, -0.25) is 9.59 Å². The zero-order valence-electron chi connectivity index (χ0n) is 12.1. The summed E-state index contributed by atoms with van der Waals surface area (Å²) >= 11 is 6.45. The maximum absolute atomic E-state index is 12.5. The van der Waals surface area contributed by atoms with Crippen LogP contribution in [0.4, 0.5) is 0 Å². The van der Waals surface area contributed by atoms with Crippen molar-refractivity contribution in [3.63, 3.8) is 0 Å². The lowest BCUT2D eigenvalue weighted by Crippen LogP contribution is -2.12. The van der Waals surface area contributed by atoms with Crippen molar-refractivity contribution in [3.8, 4) is 0 Å². The number of hydrogen-bond acceptors (Lipinski definition) is 5. The molecule has 3 aromatic heterocycles. The van der Waals surface area contributed by atoms with E-state index in [2.05, 4.69) is 46.8 Å². The van der Waals surface area contributed by atoms with Gasteiger partial charge >= 0.3 is 0 Å². The Morgan fingerprint density at radius 2 is 0.917 bits per heavy atom. The Morgan fingerprint density at radius 1 is 0.583 bits per heavy atom. The Morgan fingerprint density at radius 3 is 1.29 bits per heavy atom. The third-order valence-electron chi connectivity index (χ3n) is 3.11. The smallest absolute Gasteiger partial charge is 0.229 e. The molecule has 0 unspecified atom stereocenters. The van der Waals surface area contributed by atoms with Crippen LogP contribution in [0.5, 0.6) is 0 Å². The highest BCUT2D eigenvalue weighted by atomic mass is 79.9. The monoisotopic (exact) mass is 445 g/mol. The molecule has 0 bridgehead atoms. The van der Waals surface area contributed by atoms with Crippen molar-refractivity contribution in [1.29, 1.82) is 0 Å². The highest BCUT2D eigenvalue weighted by Crippen LogP contribution is 2.13. The molecule has 0 atom stereocenters. The van der Waals surface area contributed by atoms with Crippen LogP contribution >= 0.6 is 31.9 Å². The fraction of sp³-hybridized carbons (Fsp3) is 0. The van der Waals surface area contributed by atoms with E-state index in [0.29, 0.717) is 9.21 Å². The Bertz CT molecular complexity index is 872. The first-order valence-electron chi connectivity index (χ1n) is 6.86. The van der Waals surface area contributed by atoms with Gasteiger partial charge in [-0.1, -0.05) is 18.2 Å². The number of carbonyl (C=O) groups excluding carboxylic acids is 2. The number of halogens is 2. The van der Waals surface area contributed by atoms with Crippen LogP contribution in [0.1, 0.15) is 32.4 Å². The molecular formula is C17H9Br2N3O2. The summed E-state index contributed by atoms with van der Waals surface area (Å²) in [5, 5.41) is 0. The Balaban J connectivity index is 1.94. The van der Waals surface area contributed by atoms with E-state index in [-0.39, 0.29) is 34.3 Å². The van der Waals surface area contributed by atoms with Gasteiger partial charge in [0, 0.05) is 0 Å². The number of carbonyl (C=O) groups is 2. The average molecular weight is 447 g/mol. The van der Waals surface area contributed by atoms with Crippen LogP contribution in [0.2, 0.25) is 0 Å².